The minimum atomic E-state index is -0.0574. The van der Waals surface area contributed by atoms with Gasteiger partial charge in [-0.15, -0.1) is 0 Å². The van der Waals surface area contributed by atoms with Crippen molar-refractivity contribution in [2.45, 2.75) is 13.6 Å². The van der Waals surface area contributed by atoms with Crippen molar-refractivity contribution in [3.05, 3.63) is 72.6 Å². The summed E-state index contributed by atoms with van der Waals surface area (Å²) < 4.78 is 7.58. The Hall–Kier alpha value is -2.31. The van der Waals surface area contributed by atoms with E-state index in [-0.39, 0.29) is 5.56 Å². The van der Waals surface area contributed by atoms with Crippen LogP contribution in [0.2, 0.25) is 5.02 Å². The normalized spacial score (nSPS) is 14.6. The van der Waals surface area contributed by atoms with Gasteiger partial charge in [0.15, 0.2) is 4.80 Å². The summed E-state index contributed by atoms with van der Waals surface area (Å²) in [6, 6.07) is 9.49. The molecule has 3 heterocycles. The first kappa shape index (κ1) is 15.2. The Morgan fingerprint density at radius 2 is 2.25 bits per heavy atom. The van der Waals surface area contributed by atoms with Crippen molar-refractivity contribution in [2.24, 2.45) is 4.99 Å². The van der Waals surface area contributed by atoms with Gasteiger partial charge in [0, 0.05) is 16.8 Å². The van der Waals surface area contributed by atoms with Crippen LogP contribution in [0.25, 0.3) is 6.08 Å². The van der Waals surface area contributed by atoms with Crippen molar-refractivity contribution in [1.29, 1.82) is 0 Å². The molecule has 0 saturated carbocycles. The second-order valence-corrected chi connectivity index (χ2v) is 6.97. The molecule has 0 bridgehead atoms. The topological polar surface area (TPSA) is 50.7 Å². The molecule has 0 aliphatic carbocycles. The van der Waals surface area contributed by atoms with E-state index in [9.17, 15) is 4.79 Å². The Bertz CT molecular complexity index is 1070. The molecular weight excluding hydrogens is 346 g/mol. The maximum absolute atomic E-state index is 12.6. The molecule has 1 aliphatic rings. The van der Waals surface area contributed by atoms with Crippen molar-refractivity contribution >= 4 is 34.7 Å². The van der Waals surface area contributed by atoms with Crippen LogP contribution in [0.1, 0.15) is 11.3 Å². The van der Waals surface area contributed by atoms with Crippen LogP contribution in [-0.4, -0.2) is 11.2 Å². The molecule has 2 aromatic heterocycles. The quantitative estimate of drug-likeness (QED) is 0.705. The summed E-state index contributed by atoms with van der Waals surface area (Å²) in [6.07, 6.45) is 3.34. The molecule has 4 rings (SSSR count). The highest BCUT2D eigenvalue weighted by atomic mass is 35.5. The number of nitrogens with zero attached hydrogens (tertiary/aromatic N) is 3. The van der Waals surface area contributed by atoms with Crippen molar-refractivity contribution in [3.8, 4) is 0 Å². The number of aryl methyl sites for hydroxylation is 1. The van der Waals surface area contributed by atoms with Crippen LogP contribution < -0.4 is 19.8 Å². The van der Waals surface area contributed by atoms with Crippen molar-refractivity contribution < 1.29 is 4.42 Å². The first-order chi connectivity index (χ1) is 11.6. The number of halogens is 1. The number of rotatable bonds is 2. The third-order valence-electron chi connectivity index (χ3n) is 3.91. The minimum absolute atomic E-state index is 0.0574. The monoisotopic (exact) mass is 359 g/mol. The van der Waals surface area contributed by atoms with E-state index in [1.54, 1.807) is 23.0 Å². The summed E-state index contributed by atoms with van der Waals surface area (Å²) in [5, 5.41) is 0.711. The van der Waals surface area contributed by atoms with E-state index in [1.165, 1.54) is 11.3 Å². The molecule has 0 fully saturated rings. The molecule has 0 unspecified atom stereocenters. The number of benzene rings is 1. The van der Waals surface area contributed by atoms with Gasteiger partial charge in [-0.1, -0.05) is 29.0 Å². The summed E-state index contributed by atoms with van der Waals surface area (Å²) in [5.41, 5.74) is 1.92. The lowest BCUT2D eigenvalue weighted by atomic mass is 10.2. The lowest BCUT2D eigenvalue weighted by Crippen LogP contribution is -2.42. The fourth-order valence-electron chi connectivity index (χ4n) is 2.56. The fourth-order valence-corrected chi connectivity index (χ4v) is 3.67. The zero-order valence-electron chi connectivity index (χ0n) is 12.9. The fraction of sp³-hybridized carbons (Fsp3) is 0.176. The van der Waals surface area contributed by atoms with E-state index in [0.29, 0.717) is 28.7 Å². The lowest BCUT2D eigenvalue weighted by molar-refractivity contribution is 0.556. The van der Waals surface area contributed by atoms with E-state index in [1.807, 2.05) is 36.1 Å². The molecular formula is C17H14ClN3O2S. The smallest absolute Gasteiger partial charge is 0.271 e. The number of fused-ring (bicyclic) bond motifs is 1. The standard InChI is InChI=1S/C17H14ClN3O2S/c1-11-4-5-12(7-14(11)18)20-9-19-17-21(10-20)16(22)15(24-17)8-13-3-2-6-23-13/h2-8H,9-10H2,1H3/b15-8-. The Morgan fingerprint density at radius 1 is 1.38 bits per heavy atom. The van der Waals surface area contributed by atoms with E-state index < -0.39 is 0 Å². The number of furan rings is 1. The van der Waals surface area contributed by atoms with Gasteiger partial charge >= 0.3 is 0 Å². The van der Waals surface area contributed by atoms with Crippen LogP contribution in [0.5, 0.6) is 0 Å². The van der Waals surface area contributed by atoms with E-state index >= 15 is 0 Å². The molecule has 0 N–H and O–H groups in total. The Labute approximate surface area is 146 Å². The van der Waals surface area contributed by atoms with Crippen LogP contribution in [0, 0.1) is 6.92 Å². The highest BCUT2D eigenvalue weighted by Crippen LogP contribution is 2.23. The first-order valence-corrected chi connectivity index (χ1v) is 8.62. The zero-order chi connectivity index (χ0) is 16.7. The van der Waals surface area contributed by atoms with Gasteiger partial charge in [0.1, 0.15) is 19.1 Å². The maximum Gasteiger partial charge on any atom is 0.271 e. The summed E-state index contributed by atoms with van der Waals surface area (Å²) in [4.78, 5) is 19.9. The lowest BCUT2D eigenvalue weighted by Gasteiger charge is -2.26. The van der Waals surface area contributed by atoms with Gasteiger partial charge in [-0.3, -0.25) is 9.36 Å². The predicted octanol–water partition coefficient (Wildman–Crippen LogP) is 2.35. The maximum atomic E-state index is 12.6. The van der Waals surface area contributed by atoms with Crippen LogP contribution in [0.15, 0.2) is 50.8 Å². The summed E-state index contributed by atoms with van der Waals surface area (Å²) in [6.45, 7) is 2.92. The van der Waals surface area contributed by atoms with Gasteiger partial charge in [-0.05, 0) is 36.8 Å². The van der Waals surface area contributed by atoms with Crippen LogP contribution >= 0.6 is 22.9 Å². The molecule has 3 aromatic rings. The largest absolute Gasteiger partial charge is 0.465 e. The number of aromatic nitrogens is 1. The molecule has 122 valence electrons. The van der Waals surface area contributed by atoms with Gasteiger partial charge in [0.2, 0.25) is 0 Å². The van der Waals surface area contributed by atoms with Gasteiger partial charge in [0.05, 0.1) is 10.8 Å². The molecule has 0 amide bonds. The third kappa shape index (κ3) is 2.68. The van der Waals surface area contributed by atoms with Gasteiger partial charge in [0.25, 0.3) is 5.56 Å². The second kappa shape index (κ2) is 5.96. The molecule has 7 heteroatoms. The van der Waals surface area contributed by atoms with Gasteiger partial charge in [-0.25, -0.2) is 4.99 Å². The van der Waals surface area contributed by atoms with Crippen molar-refractivity contribution in [2.75, 3.05) is 11.6 Å². The van der Waals surface area contributed by atoms with Gasteiger partial charge < -0.3 is 9.32 Å². The van der Waals surface area contributed by atoms with Crippen LogP contribution in [0.4, 0.5) is 5.69 Å². The van der Waals surface area contributed by atoms with Gasteiger partial charge in [-0.2, -0.15) is 0 Å². The summed E-state index contributed by atoms with van der Waals surface area (Å²) in [7, 11) is 0. The molecule has 5 nitrogen and oxygen atoms in total. The summed E-state index contributed by atoms with van der Waals surface area (Å²) in [5.74, 6) is 0.661. The molecule has 1 aromatic carbocycles. The zero-order valence-corrected chi connectivity index (χ0v) is 14.5. The number of hydrogen-bond donors (Lipinski definition) is 0. The highest BCUT2D eigenvalue weighted by Gasteiger charge is 2.16. The number of hydrogen-bond acceptors (Lipinski definition) is 5. The molecule has 24 heavy (non-hydrogen) atoms. The molecule has 0 saturated heterocycles. The van der Waals surface area contributed by atoms with Crippen molar-refractivity contribution in [1.82, 2.24) is 4.57 Å². The second-order valence-electron chi connectivity index (χ2n) is 5.56. The van der Waals surface area contributed by atoms with Crippen LogP contribution in [-0.2, 0) is 6.67 Å². The average molecular weight is 360 g/mol. The molecule has 0 spiro atoms. The first-order valence-electron chi connectivity index (χ1n) is 7.42. The Kier molecular flexibility index (Phi) is 3.78. The minimum Gasteiger partial charge on any atom is -0.465 e. The molecule has 0 radical (unpaired) electrons. The van der Waals surface area contributed by atoms with E-state index in [0.717, 1.165) is 16.1 Å². The molecule has 1 aliphatic heterocycles. The third-order valence-corrected chi connectivity index (χ3v) is 5.37. The van der Waals surface area contributed by atoms with Crippen molar-refractivity contribution in [3.63, 3.8) is 0 Å². The van der Waals surface area contributed by atoms with Crippen LogP contribution in [0.3, 0.4) is 0 Å². The van der Waals surface area contributed by atoms with E-state index in [2.05, 4.69) is 4.99 Å². The van der Waals surface area contributed by atoms with E-state index in [4.69, 9.17) is 16.0 Å². The molecule has 0 atom stereocenters. The number of thiazole rings is 1. The highest BCUT2D eigenvalue weighted by molar-refractivity contribution is 7.07. The number of anilines is 1. The summed E-state index contributed by atoms with van der Waals surface area (Å²) >= 11 is 7.59. The SMILES string of the molecule is Cc1ccc(N2CN=c3s/c(=C\c4ccco4)c(=O)n3C2)cc1Cl. The Balaban J connectivity index is 1.72. The predicted molar refractivity (Wildman–Crippen MR) is 95.2 cm³/mol. The Morgan fingerprint density at radius 3 is 3.00 bits per heavy atom. The average Bonchev–Trinajstić information content (AvgIpc) is 3.19.